The number of hydrogen-bond acceptors (Lipinski definition) is 3. The van der Waals surface area contributed by atoms with Gasteiger partial charge in [-0.3, -0.25) is 0 Å². The highest BCUT2D eigenvalue weighted by Crippen LogP contribution is 2.21. The summed E-state index contributed by atoms with van der Waals surface area (Å²) in [5, 5.41) is 1.11. The van der Waals surface area contributed by atoms with E-state index in [-0.39, 0.29) is 0 Å². The van der Waals surface area contributed by atoms with Crippen molar-refractivity contribution in [2.75, 3.05) is 5.75 Å². The maximum absolute atomic E-state index is 5.63. The molecule has 1 rings (SSSR count). The molecule has 0 amide bonds. The Morgan fingerprint density at radius 3 is 2.80 bits per heavy atom. The van der Waals surface area contributed by atoms with Crippen LogP contribution in [0.3, 0.4) is 0 Å². The van der Waals surface area contributed by atoms with Gasteiger partial charge in [-0.15, -0.1) is 11.8 Å². The minimum Gasteiger partial charge on any atom is -0.326 e. The number of rotatable bonds is 5. The Hall–Kier alpha value is -0.540. The Kier molecular flexibility index (Phi) is 5.12. The average Bonchev–Trinajstić information content (AvgIpc) is 2.25. The maximum Gasteiger partial charge on any atom is 0.0966 e. The molecule has 0 aliphatic heterocycles. The quantitative estimate of drug-likeness (QED) is 0.781. The Labute approximate surface area is 96.7 Å². The summed E-state index contributed by atoms with van der Waals surface area (Å²) in [5.41, 5.74) is 7.87. The van der Waals surface area contributed by atoms with Crippen LogP contribution in [0, 0.1) is 12.8 Å². The van der Waals surface area contributed by atoms with Gasteiger partial charge in [0.05, 0.1) is 5.03 Å². The molecule has 84 valence electrons. The van der Waals surface area contributed by atoms with E-state index in [4.69, 9.17) is 5.73 Å². The molecule has 0 saturated carbocycles. The molecule has 2 nitrogen and oxygen atoms in total. The summed E-state index contributed by atoms with van der Waals surface area (Å²) >= 11 is 1.83. The largest absolute Gasteiger partial charge is 0.326 e. The zero-order valence-corrected chi connectivity index (χ0v) is 10.6. The van der Waals surface area contributed by atoms with Crippen LogP contribution in [0.5, 0.6) is 0 Å². The van der Waals surface area contributed by atoms with Gasteiger partial charge in [0.15, 0.2) is 0 Å². The zero-order chi connectivity index (χ0) is 11.3. The van der Waals surface area contributed by atoms with Gasteiger partial charge < -0.3 is 5.73 Å². The monoisotopic (exact) mass is 224 g/mol. The first-order valence-corrected chi connectivity index (χ1v) is 6.44. The molecule has 1 aromatic rings. The van der Waals surface area contributed by atoms with E-state index in [1.807, 2.05) is 24.8 Å². The molecule has 0 bridgehead atoms. The third-order valence-corrected chi connectivity index (χ3v) is 3.68. The normalized spacial score (nSPS) is 12.8. The molecule has 1 heterocycles. The molecular weight excluding hydrogens is 204 g/mol. The number of nitrogens with two attached hydrogens (primary N) is 1. The Bertz CT molecular complexity index is 312. The molecule has 0 aliphatic carbocycles. The van der Waals surface area contributed by atoms with Crippen LogP contribution in [0.1, 0.15) is 31.5 Å². The molecule has 0 fully saturated rings. The SMILES string of the molecule is CCC(C)CSc1cc(CN)cc(C)n1. The van der Waals surface area contributed by atoms with E-state index in [0.717, 1.165) is 22.4 Å². The lowest BCUT2D eigenvalue weighted by molar-refractivity contribution is 0.636. The van der Waals surface area contributed by atoms with Crippen molar-refractivity contribution in [2.24, 2.45) is 11.7 Å². The van der Waals surface area contributed by atoms with Crippen LogP contribution >= 0.6 is 11.8 Å². The van der Waals surface area contributed by atoms with Crippen molar-refractivity contribution < 1.29 is 0 Å². The van der Waals surface area contributed by atoms with Crippen LogP contribution in [-0.4, -0.2) is 10.7 Å². The van der Waals surface area contributed by atoms with Gasteiger partial charge in [0.1, 0.15) is 0 Å². The second-order valence-corrected chi connectivity index (χ2v) is 5.02. The summed E-state index contributed by atoms with van der Waals surface area (Å²) in [6.45, 7) is 7.11. The lowest BCUT2D eigenvalue weighted by Gasteiger charge is -2.08. The van der Waals surface area contributed by atoms with Gasteiger partial charge in [-0.1, -0.05) is 20.3 Å². The second-order valence-electron chi connectivity index (χ2n) is 3.98. The highest BCUT2D eigenvalue weighted by atomic mass is 32.2. The number of aromatic nitrogens is 1. The van der Waals surface area contributed by atoms with E-state index in [0.29, 0.717) is 6.54 Å². The third kappa shape index (κ3) is 4.22. The topological polar surface area (TPSA) is 38.9 Å². The lowest BCUT2D eigenvalue weighted by Crippen LogP contribution is -2.00. The van der Waals surface area contributed by atoms with Crippen LogP contribution in [0.15, 0.2) is 17.2 Å². The van der Waals surface area contributed by atoms with Gasteiger partial charge in [-0.2, -0.15) is 0 Å². The molecule has 0 aliphatic rings. The van der Waals surface area contributed by atoms with Gasteiger partial charge in [-0.05, 0) is 30.5 Å². The molecule has 1 atom stereocenters. The van der Waals surface area contributed by atoms with E-state index in [1.165, 1.54) is 12.0 Å². The molecule has 1 unspecified atom stereocenters. The van der Waals surface area contributed by atoms with Crippen LogP contribution in [0.4, 0.5) is 0 Å². The fraction of sp³-hybridized carbons (Fsp3) is 0.583. The van der Waals surface area contributed by atoms with Crippen molar-refractivity contribution in [3.05, 3.63) is 23.4 Å². The highest BCUT2D eigenvalue weighted by molar-refractivity contribution is 7.99. The summed E-state index contributed by atoms with van der Waals surface area (Å²) in [5.74, 6) is 1.88. The Morgan fingerprint density at radius 1 is 1.47 bits per heavy atom. The number of hydrogen-bond donors (Lipinski definition) is 1. The standard InChI is InChI=1S/C12H20N2S/c1-4-9(2)8-15-12-6-11(7-13)5-10(3)14-12/h5-6,9H,4,7-8,13H2,1-3H3. The highest BCUT2D eigenvalue weighted by Gasteiger charge is 2.03. The first-order chi connectivity index (χ1) is 7.15. The number of pyridine rings is 1. The van der Waals surface area contributed by atoms with Crippen LogP contribution in [0.25, 0.3) is 0 Å². The van der Waals surface area contributed by atoms with Crippen molar-refractivity contribution in [1.82, 2.24) is 4.98 Å². The lowest BCUT2D eigenvalue weighted by atomic mass is 10.2. The summed E-state index contributed by atoms with van der Waals surface area (Å²) in [4.78, 5) is 4.50. The Morgan fingerprint density at radius 2 is 2.20 bits per heavy atom. The molecule has 3 heteroatoms. The molecule has 0 saturated heterocycles. The molecule has 0 radical (unpaired) electrons. The van der Waals surface area contributed by atoms with Gasteiger partial charge in [0.2, 0.25) is 0 Å². The fourth-order valence-electron chi connectivity index (χ4n) is 1.24. The van der Waals surface area contributed by atoms with Crippen LogP contribution in [-0.2, 0) is 6.54 Å². The Balaban J connectivity index is 2.64. The van der Waals surface area contributed by atoms with Crippen molar-refractivity contribution in [2.45, 2.75) is 38.8 Å². The zero-order valence-electron chi connectivity index (χ0n) is 9.79. The van der Waals surface area contributed by atoms with Crippen molar-refractivity contribution in [3.63, 3.8) is 0 Å². The number of thioether (sulfide) groups is 1. The van der Waals surface area contributed by atoms with E-state index in [1.54, 1.807) is 0 Å². The van der Waals surface area contributed by atoms with E-state index < -0.39 is 0 Å². The fourth-order valence-corrected chi connectivity index (χ4v) is 2.38. The van der Waals surface area contributed by atoms with E-state index in [9.17, 15) is 0 Å². The molecule has 1 aromatic heterocycles. The van der Waals surface area contributed by atoms with E-state index >= 15 is 0 Å². The van der Waals surface area contributed by atoms with Crippen LogP contribution in [0.2, 0.25) is 0 Å². The van der Waals surface area contributed by atoms with E-state index in [2.05, 4.69) is 24.9 Å². The van der Waals surface area contributed by atoms with Gasteiger partial charge in [0.25, 0.3) is 0 Å². The summed E-state index contributed by atoms with van der Waals surface area (Å²) in [6.07, 6.45) is 1.22. The molecular formula is C12H20N2S. The van der Waals surface area contributed by atoms with Gasteiger partial charge >= 0.3 is 0 Å². The molecule has 15 heavy (non-hydrogen) atoms. The second kappa shape index (κ2) is 6.13. The van der Waals surface area contributed by atoms with Crippen molar-refractivity contribution >= 4 is 11.8 Å². The molecule has 0 aromatic carbocycles. The number of nitrogens with zero attached hydrogens (tertiary/aromatic N) is 1. The summed E-state index contributed by atoms with van der Waals surface area (Å²) in [7, 11) is 0. The minimum absolute atomic E-state index is 0.597. The molecule has 2 N–H and O–H groups in total. The summed E-state index contributed by atoms with van der Waals surface area (Å²) < 4.78 is 0. The number of aryl methyl sites for hydroxylation is 1. The van der Waals surface area contributed by atoms with Gasteiger partial charge in [0, 0.05) is 18.0 Å². The van der Waals surface area contributed by atoms with Crippen LogP contribution < -0.4 is 5.73 Å². The predicted molar refractivity (Wildman–Crippen MR) is 67.0 cm³/mol. The average molecular weight is 224 g/mol. The van der Waals surface area contributed by atoms with Crippen molar-refractivity contribution in [1.29, 1.82) is 0 Å². The maximum atomic E-state index is 5.63. The minimum atomic E-state index is 0.597. The first-order valence-electron chi connectivity index (χ1n) is 5.46. The molecule has 0 spiro atoms. The van der Waals surface area contributed by atoms with Crippen molar-refractivity contribution in [3.8, 4) is 0 Å². The van der Waals surface area contributed by atoms with Gasteiger partial charge in [-0.25, -0.2) is 4.98 Å². The predicted octanol–water partition coefficient (Wildman–Crippen LogP) is 2.99. The summed E-state index contributed by atoms with van der Waals surface area (Å²) in [6, 6.07) is 4.15. The third-order valence-electron chi connectivity index (χ3n) is 2.44. The smallest absolute Gasteiger partial charge is 0.0966 e. The first kappa shape index (κ1) is 12.5.